The Bertz CT molecular complexity index is 797. The van der Waals surface area contributed by atoms with E-state index in [1.807, 2.05) is 18.2 Å². The highest BCUT2D eigenvalue weighted by Crippen LogP contribution is 2.18. The molecule has 1 aliphatic rings. The number of hydrogen-bond donors (Lipinski definition) is 2. The smallest absolute Gasteiger partial charge is 0.272 e. The number of carbonyl (C=O) groups is 2. The Labute approximate surface area is 158 Å². The van der Waals surface area contributed by atoms with Crippen LogP contribution >= 0.6 is 0 Å². The lowest BCUT2D eigenvalue weighted by Crippen LogP contribution is -2.55. The maximum Gasteiger partial charge on any atom is 0.272 e. The van der Waals surface area contributed by atoms with Gasteiger partial charge in [-0.2, -0.15) is 0 Å². The Balaban J connectivity index is 1.55. The van der Waals surface area contributed by atoms with Crippen LogP contribution in [0, 0.1) is 0 Å². The van der Waals surface area contributed by atoms with Gasteiger partial charge < -0.3 is 20.1 Å². The minimum absolute atomic E-state index is 0.162. The predicted octanol–water partition coefficient (Wildman–Crippen LogP) is 1.02. The number of aliphatic hydroxyl groups excluding tert-OH is 1. The molecule has 142 valence electrons. The van der Waals surface area contributed by atoms with Crippen molar-refractivity contribution < 1.29 is 19.4 Å². The number of pyridine rings is 1. The highest BCUT2D eigenvalue weighted by atomic mass is 16.5. The molecule has 27 heavy (non-hydrogen) atoms. The van der Waals surface area contributed by atoms with Crippen molar-refractivity contribution in [2.45, 2.75) is 25.0 Å². The van der Waals surface area contributed by atoms with Crippen LogP contribution in [0.1, 0.15) is 22.5 Å². The lowest BCUT2D eigenvalue weighted by molar-refractivity contribution is -0.122. The number of β-amino-alcohol motifs (C(OH)–C–C–N with tert-alkyl or cyclic N) is 1. The second-order valence-corrected chi connectivity index (χ2v) is 6.48. The van der Waals surface area contributed by atoms with Gasteiger partial charge in [0.1, 0.15) is 11.4 Å². The van der Waals surface area contributed by atoms with E-state index in [0.29, 0.717) is 24.4 Å². The number of carbonyl (C=O) groups excluding carboxylic acids is 2. The van der Waals surface area contributed by atoms with Crippen LogP contribution in [-0.4, -0.2) is 59.1 Å². The number of benzene rings is 1. The normalized spacial score (nSPS) is 19.4. The van der Waals surface area contributed by atoms with Crippen LogP contribution in [-0.2, 0) is 11.2 Å². The first-order chi connectivity index (χ1) is 13.1. The summed E-state index contributed by atoms with van der Waals surface area (Å²) in [5.41, 5.74) is 1.14. The highest BCUT2D eigenvalue weighted by molar-refractivity contribution is 5.92. The summed E-state index contributed by atoms with van der Waals surface area (Å²) in [5, 5.41) is 13.3. The van der Waals surface area contributed by atoms with E-state index in [1.165, 1.54) is 0 Å². The Hall–Kier alpha value is -2.93. The van der Waals surface area contributed by atoms with Gasteiger partial charge in [-0.05, 0) is 24.6 Å². The third-order valence-electron chi connectivity index (χ3n) is 4.64. The van der Waals surface area contributed by atoms with Crippen molar-refractivity contribution in [2.75, 3.05) is 20.2 Å². The van der Waals surface area contributed by atoms with Crippen molar-refractivity contribution in [3.05, 3.63) is 59.9 Å². The first-order valence-electron chi connectivity index (χ1n) is 8.88. The standard InChI is InChI=1S/C20H23N3O4/c1-27-18-8-3-2-6-14(18)12-19(25)22-15-9-11-23(13-17(15)24)20(26)16-7-4-5-10-21-16/h2-8,10,15,17,24H,9,11-13H2,1H3,(H,22,25)/t15-,17-/m1/s1. The summed E-state index contributed by atoms with van der Waals surface area (Å²) in [5.74, 6) is 0.255. The van der Waals surface area contributed by atoms with Gasteiger partial charge in [0.05, 0.1) is 25.7 Å². The summed E-state index contributed by atoms with van der Waals surface area (Å²) < 4.78 is 5.26. The number of likely N-dealkylation sites (tertiary alicyclic amines) is 1. The fourth-order valence-electron chi connectivity index (χ4n) is 3.22. The number of ether oxygens (including phenoxy) is 1. The zero-order valence-corrected chi connectivity index (χ0v) is 15.2. The lowest BCUT2D eigenvalue weighted by atomic mass is 10.0. The van der Waals surface area contributed by atoms with E-state index in [0.717, 1.165) is 5.56 Å². The molecular weight excluding hydrogens is 346 g/mol. The molecule has 0 saturated carbocycles. The van der Waals surface area contributed by atoms with Gasteiger partial charge >= 0.3 is 0 Å². The number of hydrogen-bond acceptors (Lipinski definition) is 5. The molecule has 0 bridgehead atoms. The number of methoxy groups -OCH3 is 1. The zero-order chi connectivity index (χ0) is 19.2. The molecule has 2 aromatic rings. The molecule has 1 aromatic carbocycles. The van der Waals surface area contributed by atoms with Gasteiger partial charge in [-0.25, -0.2) is 0 Å². The van der Waals surface area contributed by atoms with Gasteiger partial charge in [-0.3, -0.25) is 14.6 Å². The molecule has 3 rings (SSSR count). The summed E-state index contributed by atoms with van der Waals surface area (Å²) >= 11 is 0. The summed E-state index contributed by atoms with van der Waals surface area (Å²) in [7, 11) is 1.56. The third kappa shape index (κ3) is 4.62. The molecular formula is C20H23N3O4. The molecule has 7 nitrogen and oxygen atoms in total. The van der Waals surface area contributed by atoms with E-state index in [-0.39, 0.29) is 30.8 Å². The molecule has 2 amide bonds. The monoisotopic (exact) mass is 369 g/mol. The summed E-state index contributed by atoms with van der Waals surface area (Å²) in [6.07, 6.45) is 1.39. The lowest BCUT2D eigenvalue weighted by Gasteiger charge is -2.36. The van der Waals surface area contributed by atoms with Gasteiger partial charge in [0.15, 0.2) is 0 Å². The second kappa shape index (κ2) is 8.64. The quantitative estimate of drug-likeness (QED) is 0.821. The van der Waals surface area contributed by atoms with E-state index in [9.17, 15) is 14.7 Å². The van der Waals surface area contributed by atoms with Gasteiger partial charge in [0.25, 0.3) is 5.91 Å². The number of nitrogens with one attached hydrogen (secondary N) is 1. The highest BCUT2D eigenvalue weighted by Gasteiger charge is 2.31. The number of amides is 2. The van der Waals surface area contributed by atoms with Gasteiger partial charge in [0, 0.05) is 24.8 Å². The van der Waals surface area contributed by atoms with Gasteiger partial charge in [-0.1, -0.05) is 24.3 Å². The van der Waals surface area contributed by atoms with E-state index in [2.05, 4.69) is 10.3 Å². The van der Waals surface area contributed by atoms with Gasteiger partial charge in [-0.15, -0.1) is 0 Å². The summed E-state index contributed by atoms with van der Waals surface area (Å²) in [4.78, 5) is 30.4. The van der Waals surface area contributed by atoms with Crippen LogP contribution in [0.2, 0.25) is 0 Å². The molecule has 0 spiro atoms. The fourth-order valence-corrected chi connectivity index (χ4v) is 3.22. The largest absolute Gasteiger partial charge is 0.496 e. The Morgan fingerprint density at radius 2 is 2.04 bits per heavy atom. The number of aromatic nitrogens is 1. The van der Waals surface area contributed by atoms with Crippen molar-refractivity contribution in [3.63, 3.8) is 0 Å². The number of piperidine rings is 1. The van der Waals surface area contributed by atoms with Crippen LogP contribution in [0.3, 0.4) is 0 Å². The molecule has 2 N–H and O–H groups in total. The van der Waals surface area contributed by atoms with Crippen molar-refractivity contribution >= 4 is 11.8 Å². The molecule has 1 aromatic heterocycles. The average Bonchev–Trinajstić information content (AvgIpc) is 2.70. The van der Waals surface area contributed by atoms with E-state index >= 15 is 0 Å². The zero-order valence-electron chi connectivity index (χ0n) is 15.2. The fraction of sp³-hybridized carbons (Fsp3) is 0.350. The Morgan fingerprint density at radius 3 is 2.74 bits per heavy atom. The van der Waals surface area contributed by atoms with E-state index in [4.69, 9.17) is 4.74 Å². The number of rotatable bonds is 5. The predicted molar refractivity (Wildman–Crippen MR) is 99.4 cm³/mol. The summed E-state index contributed by atoms with van der Waals surface area (Å²) in [6, 6.07) is 12.1. The van der Waals surface area contributed by atoms with Crippen molar-refractivity contribution in [1.29, 1.82) is 0 Å². The third-order valence-corrected chi connectivity index (χ3v) is 4.64. The molecule has 0 radical (unpaired) electrons. The number of para-hydroxylation sites is 1. The van der Waals surface area contributed by atoms with Crippen LogP contribution in [0.5, 0.6) is 5.75 Å². The van der Waals surface area contributed by atoms with Crippen LogP contribution < -0.4 is 10.1 Å². The van der Waals surface area contributed by atoms with Crippen LogP contribution in [0.15, 0.2) is 48.7 Å². The maximum absolute atomic E-state index is 12.4. The molecule has 1 aliphatic heterocycles. The van der Waals surface area contributed by atoms with Gasteiger partial charge in [0.2, 0.25) is 5.91 Å². The molecule has 0 aliphatic carbocycles. The second-order valence-electron chi connectivity index (χ2n) is 6.48. The van der Waals surface area contributed by atoms with Crippen molar-refractivity contribution in [1.82, 2.24) is 15.2 Å². The topological polar surface area (TPSA) is 91.8 Å². The molecule has 1 fully saturated rings. The molecule has 1 saturated heterocycles. The SMILES string of the molecule is COc1ccccc1CC(=O)N[C@@H]1CCN(C(=O)c2ccccn2)C[C@H]1O. The Morgan fingerprint density at radius 1 is 1.26 bits per heavy atom. The minimum Gasteiger partial charge on any atom is -0.496 e. The minimum atomic E-state index is -0.826. The Kier molecular flexibility index (Phi) is 6.03. The van der Waals surface area contributed by atoms with Crippen LogP contribution in [0.25, 0.3) is 0 Å². The van der Waals surface area contributed by atoms with E-state index < -0.39 is 6.10 Å². The molecule has 7 heteroatoms. The number of nitrogens with zero attached hydrogens (tertiary/aromatic N) is 2. The number of aliphatic hydroxyl groups is 1. The van der Waals surface area contributed by atoms with Crippen molar-refractivity contribution in [2.24, 2.45) is 0 Å². The molecule has 2 atom stereocenters. The molecule has 0 unspecified atom stereocenters. The van der Waals surface area contributed by atoms with Crippen molar-refractivity contribution in [3.8, 4) is 5.75 Å². The first-order valence-corrected chi connectivity index (χ1v) is 8.88. The average molecular weight is 369 g/mol. The molecule has 2 heterocycles. The van der Waals surface area contributed by atoms with E-state index in [1.54, 1.807) is 42.5 Å². The maximum atomic E-state index is 12.4. The first kappa shape index (κ1) is 18.8. The summed E-state index contributed by atoms with van der Waals surface area (Å²) in [6.45, 7) is 0.612. The van der Waals surface area contributed by atoms with Crippen LogP contribution in [0.4, 0.5) is 0 Å².